The monoisotopic (exact) mass is 280 g/mol. The van der Waals surface area contributed by atoms with Gasteiger partial charge in [-0.1, -0.05) is 20.8 Å². The number of hydrogen-bond acceptors (Lipinski definition) is 4. The van der Waals surface area contributed by atoms with Crippen LogP contribution in [0, 0.1) is 6.92 Å². The Kier molecular flexibility index (Phi) is 7.64. The predicted molar refractivity (Wildman–Crippen MR) is 78.0 cm³/mol. The molecule has 0 atom stereocenters. The first kappa shape index (κ1) is 16.2. The Morgan fingerprint density at radius 3 is 2.62 bits per heavy atom. The van der Waals surface area contributed by atoms with Crippen molar-refractivity contribution in [2.45, 2.75) is 39.0 Å². The number of aryl methyl sites for hydroxylation is 1. The van der Waals surface area contributed by atoms with E-state index in [4.69, 9.17) is 0 Å². The van der Waals surface area contributed by atoms with Crippen molar-refractivity contribution in [1.82, 2.24) is 10.3 Å². The van der Waals surface area contributed by atoms with Gasteiger partial charge in [0, 0.05) is 34.7 Å². The molecule has 0 aromatic carbocycles. The molecule has 1 aromatic rings. The van der Waals surface area contributed by atoms with Crippen LogP contribution >= 0.6 is 35.5 Å². The molecule has 0 aliphatic heterocycles. The second kappa shape index (κ2) is 7.54. The van der Waals surface area contributed by atoms with E-state index in [2.05, 4.69) is 31.1 Å². The van der Waals surface area contributed by atoms with E-state index in [0.717, 1.165) is 18.1 Å². The number of nitrogens with one attached hydrogen (secondary N) is 1. The van der Waals surface area contributed by atoms with Gasteiger partial charge in [-0.15, -0.1) is 23.7 Å². The second-order valence-electron chi connectivity index (χ2n) is 4.48. The molecule has 1 N–H and O–H groups in total. The highest BCUT2D eigenvalue weighted by molar-refractivity contribution is 8.00. The second-order valence-corrected chi connectivity index (χ2v) is 7.72. The van der Waals surface area contributed by atoms with Gasteiger partial charge < -0.3 is 5.32 Å². The van der Waals surface area contributed by atoms with E-state index in [9.17, 15) is 0 Å². The Labute approximate surface area is 113 Å². The molecule has 5 heteroatoms. The average molecular weight is 281 g/mol. The molecule has 94 valence electrons. The van der Waals surface area contributed by atoms with Crippen LogP contribution in [0.3, 0.4) is 0 Å². The zero-order chi connectivity index (χ0) is 11.3. The lowest BCUT2D eigenvalue weighted by Gasteiger charge is -2.17. The molecule has 0 aliphatic rings. The minimum atomic E-state index is 0. The van der Waals surface area contributed by atoms with E-state index in [1.165, 1.54) is 10.6 Å². The molecule has 0 bridgehead atoms. The summed E-state index contributed by atoms with van der Waals surface area (Å²) in [5, 5.41) is 4.59. The van der Waals surface area contributed by atoms with Gasteiger partial charge in [0.2, 0.25) is 0 Å². The van der Waals surface area contributed by atoms with Gasteiger partial charge in [-0.25, -0.2) is 4.98 Å². The molecule has 0 saturated carbocycles. The number of hydrogen-bond donors (Lipinski definition) is 1. The van der Waals surface area contributed by atoms with E-state index in [0.29, 0.717) is 4.75 Å². The van der Waals surface area contributed by atoms with Gasteiger partial charge in [-0.2, -0.15) is 11.8 Å². The summed E-state index contributed by atoms with van der Waals surface area (Å²) >= 11 is 3.77. The largest absolute Gasteiger partial charge is 0.311 e. The van der Waals surface area contributed by atoms with E-state index in [-0.39, 0.29) is 12.4 Å². The zero-order valence-corrected chi connectivity index (χ0v) is 12.8. The fourth-order valence-corrected chi connectivity index (χ4v) is 2.75. The van der Waals surface area contributed by atoms with Crippen molar-refractivity contribution in [2.24, 2.45) is 0 Å². The van der Waals surface area contributed by atoms with Gasteiger partial charge in [-0.3, -0.25) is 0 Å². The molecule has 0 unspecified atom stereocenters. The van der Waals surface area contributed by atoms with Crippen molar-refractivity contribution in [2.75, 3.05) is 12.3 Å². The highest BCUT2D eigenvalue weighted by Gasteiger charge is 2.09. The summed E-state index contributed by atoms with van der Waals surface area (Å²) in [7, 11) is 0. The summed E-state index contributed by atoms with van der Waals surface area (Å²) in [4.78, 5) is 5.56. The third kappa shape index (κ3) is 7.49. The molecule has 1 aromatic heterocycles. The molecule has 1 rings (SSSR count). The van der Waals surface area contributed by atoms with Gasteiger partial charge in [0.1, 0.15) is 0 Å². The summed E-state index contributed by atoms with van der Waals surface area (Å²) in [6.45, 7) is 10.8. The number of halogens is 1. The summed E-state index contributed by atoms with van der Waals surface area (Å²) < 4.78 is 0.378. The predicted octanol–water partition coefficient (Wildman–Crippen LogP) is 3.49. The van der Waals surface area contributed by atoms with Crippen LogP contribution < -0.4 is 5.32 Å². The first-order chi connectivity index (χ1) is 6.97. The molecule has 0 saturated heterocycles. The van der Waals surface area contributed by atoms with Crippen LogP contribution in [-0.2, 0) is 6.54 Å². The fraction of sp³-hybridized carbons (Fsp3) is 0.727. The Morgan fingerprint density at radius 2 is 2.12 bits per heavy atom. The SMILES string of the molecule is Cc1ncc(CNCCSC(C)(C)C)s1.Cl. The van der Waals surface area contributed by atoms with Crippen molar-refractivity contribution < 1.29 is 0 Å². The number of rotatable bonds is 5. The Balaban J connectivity index is 0.00000225. The molecule has 0 spiro atoms. The normalized spacial score (nSPS) is 11.2. The van der Waals surface area contributed by atoms with Gasteiger partial charge in [0.05, 0.1) is 5.01 Å². The van der Waals surface area contributed by atoms with Crippen molar-refractivity contribution in [1.29, 1.82) is 0 Å². The molecule has 1 heterocycles. The summed E-state index contributed by atoms with van der Waals surface area (Å²) in [5.74, 6) is 1.17. The third-order valence-electron chi connectivity index (χ3n) is 1.78. The van der Waals surface area contributed by atoms with Crippen molar-refractivity contribution >= 4 is 35.5 Å². The minimum absolute atomic E-state index is 0. The van der Waals surface area contributed by atoms with Crippen LogP contribution in [0.25, 0.3) is 0 Å². The highest BCUT2D eigenvalue weighted by atomic mass is 35.5. The van der Waals surface area contributed by atoms with Gasteiger partial charge in [0.25, 0.3) is 0 Å². The lowest BCUT2D eigenvalue weighted by atomic mass is 10.3. The summed E-state index contributed by atoms with van der Waals surface area (Å²) in [6.07, 6.45) is 1.96. The van der Waals surface area contributed by atoms with Crippen LogP contribution in [0.4, 0.5) is 0 Å². The maximum atomic E-state index is 4.23. The highest BCUT2D eigenvalue weighted by Crippen LogP contribution is 2.22. The Hall–Kier alpha value is 0.230. The van der Waals surface area contributed by atoms with Crippen molar-refractivity contribution in [3.63, 3.8) is 0 Å². The van der Waals surface area contributed by atoms with E-state index >= 15 is 0 Å². The number of thiazole rings is 1. The molecular formula is C11H21ClN2S2. The third-order valence-corrected chi connectivity index (χ3v) is 3.97. The smallest absolute Gasteiger partial charge is 0.0897 e. The number of thioether (sulfide) groups is 1. The molecule has 0 radical (unpaired) electrons. The first-order valence-electron chi connectivity index (χ1n) is 5.23. The van der Waals surface area contributed by atoms with Crippen LogP contribution in [-0.4, -0.2) is 22.0 Å². The molecular weight excluding hydrogens is 260 g/mol. The maximum absolute atomic E-state index is 4.23. The maximum Gasteiger partial charge on any atom is 0.0897 e. The topological polar surface area (TPSA) is 24.9 Å². The Morgan fingerprint density at radius 1 is 1.44 bits per heavy atom. The first-order valence-corrected chi connectivity index (χ1v) is 7.03. The lowest BCUT2D eigenvalue weighted by Crippen LogP contribution is -2.19. The van der Waals surface area contributed by atoms with E-state index in [1.54, 1.807) is 11.3 Å². The molecule has 0 aliphatic carbocycles. The van der Waals surface area contributed by atoms with Crippen LogP contribution in [0.15, 0.2) is 6.20 Å². The molecule has 0 amide bonds. The molecule has 0 fully saturated rings. The fourth-order valence-electron chi connectivity index (χ4n) is 1.13. The zero-order valence-electron chi connectivity index (χ0n) is 10.4. The minimum Gasteiger partial charge on any atom is -0.311 e. The van der Waals surface area contributed by atoms with E-state index in [1.807, 2.05) is 24.9 Å². The molecule has 16 heavy (non-hydrogen) atoms. The Bertz CT molecular complexity index is 294. The van der Waals surface area contributed by atoms with Crippen LogP contribution in [0.1, 0.15) is 30.7 Å². The summed E-state index contributed by atoms with van der Waals surface area (Å²) in [6, 6.07) is 0. The standard InChI is InChI=1S/C11H20N2S2.ClH/c1-9-13-8-10(15-9)7-12-5-6-14-11(2,3)4;/h8,12H,5-7H2,1-4H3;1H. The average Bonchev–Trinajstić information content (AvgIpc) is 2.49. The quantitative estimate of drug-likeness (QED) is 0.836. The van der Waals surface area contributed by atoms with E-state index < -0.39 is 0 Å². The van der Waals surface area contributed by atoms with Gasteiger partial charge in [-0.05, 0) is 6.92 Å². The summed E-state index contributed by atoms with van der Waals surface area (Å²) in [5.41, 5.74) is 0. The van der Waals surface area contributed by atoms with Crippen molar-refractivity contribution in [3.05, 3.63) is 16.1 Å². The lowest BCUT2D eigenvalue weighted by molar-refractivity contribution is 0.732. The van der Waals surface area contributed by atoms with Crippen LogP contribution in [0.5, 0.6) is 0 Å². The van der Waals surface area contributed by atoms with Gasteiger partial charge >= 0.3 is 0 Å². The number of nitrogens with zero attached hydrogens (tertiary/aromatic N) is 1. The van der Waals surface area contributed by atoms with Crippen molar-refractivity contribution in [3.8, 4) is 0 Å². The van der Waals surface area contributed by atoms with Gasteiger partial charge in [0.15, 0.2) is 0 Å². The molecule has 2 nitrogen and oxygen atoms in total. The van der Waals surface area contributed by atoms with Crippen LogP contribution in [0.2, 0.25) is 0 Å². The number of aromatic nitrogens is 1.